The van der Waals surface area contributed by atoms with Crippen LogP contribution in [0.2, 0.25) is 0 Å². The third-order valence-corrected chi connectivity index (χ3v) is 3.79. The van der Waals surface area contributed by atoms with Crippen molar-refractivity contribution in [1.82, 2.24) is 9.88 Å². The molecule has 0 aromatic carbocycles. The van der Waals surface area contributed by atoms with E-state index in [2.05, 4.69) is 29.1 Å². The summed E-state index contributed by atoms with van der Waals surface area (Å²) >= 11 is 5.03. The molecule has 4 heteroatoms. The fraction of sp³-hybridized carbons (Fsp3) is 0.571. The molecular formula is C14H21N3S. The Hall–Kier alpha value is -1.00. The van der Waals surface area contributed by atoms with Crippen LogP contribution < -0.4 is 5.73 Å². The molecule has 1 aliphatic carbocycles. The van der Waals surface area contributed by atoms with Crippen molar-refractivity contribution in [3.8, 4) is 0 Å². The van der Waals surface area contributed by atoms with Gasteiger partial charge in [-0.3, -0.25) is 4.98 Å². The van der Waals surface area contributed by atoms with Gasteiger partial charge in [-0.1, -0.05) is 12.2 Å². The summed E-state index contributed by atoms with van der Waals surface area (Å²) in [6.45, 7) is 2.18. The molecule has 18 heavy (non-hydrogen) atoms. The summed E-state index contributed by atoms with van der Waals surface area (Å²) in [5.41, 5.74) is 7.40. The number of rotatable bonds is 7. The number of nitrogens with zero attached hydrogens (tertiary/aromatic N) is 2. The second-order valence-electron chi connectivity index (χ2n) is 5.49. The van der Waals surface area contributed by atoms with E-state index < -0.39 is 0 Å². The van der Waals surface area contributed by atoms with Gasteiger partial charge in [0, 0.05) is 31.9 Å². The van der Waals surface area contributed by atoms with Gasteiger partial charge in [0.2, 0.25) is 0 Å². The normalized spacial score (nSPS) is 16.8. The van der Waals surface area contributed by atoms with Crippen LogP contribution in [-0.4, -0.2) is 35.0 Å². The van der Waals surface area contributed by atoms with Crippen LogP contribution in [0, 0.1) is 5.41 Å². The number of hydrogen-bond acceptors (Lipinski definition) is 3. The van der Waals surface area contributed by atoms with Crippen molar-refractivity contribution in [2.45, 2.75) is 25.7 Å². The lowest BCUT2D eigenvalue weighted by Crippen LogP contribution is -2.31. The van der Waals surface area contributed by atoms with Crippen LogP contribution in [0.5, 0.6) is 0 Å². The van der Waals surface area contributed by atoms with E-state index in [9.17, 15) is 0 Å². The Morgan fingerprint density at radius 3 is 2.67 bits per heavy atom. The van der Waals surface area contributed by atoms with Gasteiger partial charge in [-0.2, -0.15) is 0 Å². The maximum absolute atomic E-state index is 5.67. The minimum Gasteiger partial charge on any atom is -0.393 e. The lowest BCUT2D eigenvalue weighted by atomic mass is 10.0. The van der Waals surface area contributed by atoms with Crippen LogP contribution in [0.1, 0.15) is 24.8 Å². The summed E-state index contributed by atoms with van der Waals surface area (Å²) in [5.74, 6) is 0. The van der Waals surface area contributed by atoms with Crippen molar-refractivity contribution in [2.75, 3.05) is 20.1 Å². The van der Waals surface area contributed by atoms with E-state index in [0.717, 1.165) is 25.9 Å². The molecule has 1 fully saturated rings. The van der Waals surface area contributed by atoms with Gasteiger partial charge < -0.3 is 10.6 Å². The molecule has 1 aromatic rings. The molecule has 0 atom stereocenters. The molecule has 0 aliphatic heterocycles. The third kappa shape index (κ3) is 4.03. The first-order valence-corrected chi connectivity index (χ1v) is 6.86. The van der Waals surface area contributed by atoms with Crippen molar-refractivity contribution in [1.29, 1.82) is 0 Å². The maximum Gasteiger partial charge on any atom is 0.0733 e. The first-order chi connectivity index (χ1) is 8.60. The molecule has 1 heterocycles. The van der Waals surface area contributed by atoms with Gasteiger partial charge in [0.05, 0.1) is 4.99 Å². The minimum absolute atomic E-state index is 0.388. The van der Waals surface area contributed by atoms with Gasteiger partial charge in [-0.15, -0.1) is 0 Å². The number of aromatic nitrogens is 1. The lowest BCUT2D eigenvalue weighted by molar-refractivity contribution is 0.269. The van der Waals surface area contributed by atoms with E-state index in [1.165, 1.54) is 18.4 Å². The SMILES string of the molecule is CN(CCc1ccncc1)CC1(CC(N)=S)CC1. The van der Waals surface area contributed by atoms with Crippen molar-refractivity contribution in [3.63, 3.8) is 0 Å². The first kappa shape index (κ1) is 13.4. The third-order valence-electron chi connectivity index (χ3n) is 3.64. The smallest absolute Gasteiger partial charge is 0.0733 e. The fourth-order valence-electron chi connectivity index (χ4n) is 2.46. The van der Waals surface area contributed by atoms with Gasteiger partial charge in [0.25, 0.3) is 0 Å². The standard InChI is InChI=1S/C14H21N3S/c1-17(9-4-12-2-7-16-8-3-12)11-14(5-6-14)10-13(15)18/h2-3,7-8H,4-6,9-11H2,1H3,(H2,15,18). The largest absolute Gasteiger partial charge is 0.393 e. The number of hydrogen-bond donors (Lipinski definition) is 1. The Kier molecular flexibility index (Phi) is 4.30. The summed E-state index contributed by atoms with van der Waals surface area (Å²) in [7, 11) is 2.18. The van der Waals surface area contributed by atoms with Crippen LogP contribution in [0.4, 0.5) is 0 Å². The molecule has 0 amide bonds. The predicted octanol–water partition coefficient (Wildman–Crippen LogP) is 2.01. The molecular weight excluding hydrogens is 242 g/mol. The molecule has 0 radical (unpaired) electrons. The number of nitrogens with two attached hydrogens (primary N) is 1. The molecule has 0 bridgehead atoms. The molecule has 2 rings (SSSR count). The zero-order valence-electron chi connectivity index (χ0n) is 10.9. The summed E-state index contributed by atoms with van der Waals surface area (Å²) in [4.78, 5) is 7.09. The number of likely N-dealkylation sites (N-methyl/N-ethyl adjacent to an activating group) is 1. The zero-order valence-corrected chi connectivity index (χ0v) is 11.7. The van der Waals surface area contributed by atoms with Crippen LogP contribution in [0.15, 0.2) is 24.5 Å². The van der Waals surface area contributed by atoms with E-state index >= 15 is 0 Å². The summed E-state index contributed by atoms with van der Waals surface area (Å²) in [5, 5.41) is 0. The Balaban J connectivity index is 1.76. The van der Waals surface area contributed by atoms with Crippen molar-refractivity contribution < 1.29 is 0 Å². The van der Waals surface area contributed by atoms with Gasteiger partial charge in [-0.25, -0.2) is 0 Å². The van der Waals surface area contributed by atoms with Crippen molar-refractivity contribution in [3.05, 3.63) is 30.1 Å². The second-order valence-corrected chi connectivity index (χ2v) is 6.01. The highest BCUT2D eigenvalue weighted by Gasteiger charge is 2.43. The topological polar surface area (TPSA) is 42.2 Å². The molecule has 0 spiro atoms. The van der Waals surface area contributed by atoms with Gasteiger partial charge >= 0.3 is 0 Å². The van der Waals surface area contributed by atoms with E-state index in [-0.39, 0.29) is 0 Å². The molecule has 3 nitrogen and oxygen atoms in total. The highest BCUT2D eigenvalue weighted by atomic mass is 32.1. The van der Waals surface area contributed by atoms with E-state index in [1.54, 1.807) is 0 Å². The Labute approximate surface area is 114 Å². The molecule has 2 N–H and O–H groups in total. The Morgan fingerprint density at radius 2 is 2.11 bits per heavy atom. The van der Waals surface area contributed by atoms with Crippen molar-refractivity contribution in [2.24, 2.45) is 11.1 Å². The fourth-order valence-corrected chi connectivity index (χ4v) is 2.76. The van der Waals surface area contributed by atoms with Gasteiger partial charge in [-0.05, 0) is 49.4 Å². The van der Waals surface area contributed by atoms with E-state index in [1.807, 2.05) is 12.4 Å². The van der Waals surface area contributed by atoms with Crippen LogP contribution >= 0.6 is 12.2 Å². The molecule has 0 unspecified atom stereocenters. The first-order valence-electron chi connectivity index (χ1n) is 6.45. The average molecular weight is 263 g/mol. The highest BCUT2D eigenvalue weighted by Crippen LogP contribution is 2.49. The molecule has 0 saturated heterocycles. The zero-order chi connectivity index (χ0) is 13.0. The van der Waals surface area contributed by atoms with Crippen molar-refractivity contribution >= 4 is 17.2 Å². The van der Waals surface area contributed by atoms with E-state index in [0.29, 0.717) is 10.4 Å². The second kappa shape index (κ2) is 5.76. The highest BCUT2D eigenvalue weighted by molar-refractivity contribution is 7.80. The Bertz CT molecular complexity index is 401. The lowest BCUT2D eigenvalue weighted by Gasteiger charge is -2.23. The maximum atomic E-state index is 5.67. The van der Waals surface area contributed by atoms with Crippen LogP contribution in [0.3, 0.4) is 0 Å². The monoisotopic (exact) mass is 263 g/mol. The quantitative estimate of drug-likeness (QED) is 0.764. The molecule has 1 aromatic heterocycles. The van der Waals surface area contributed by atoms with E-state index in [4.69, 9.17) is 18.0 Å². The summed E-state index contributed by atoms with van der Waals surface area (Å²) in [6.07, 6.45) is 8.22. The summed E-state index contributed by atoms with van der Waals surface area (Å²) in [6, 6.07) is 4.16. The number of thiocarbonyl (C=S) groups is 1. The van der Waals surface area contributed by atoms with Crippen LogP contribution in [-0.2, 0) is 6.42 Å². The average Bonchev–Trinajstić information content (AvgIpc) is 3.06. The summed E-state index contributed by atoms with van der Waals surface area (Å²) < 4.78 is 0. The molecule has 98 valence electrons. The minimum atomic E-state index is 0.388. The molecule has 1 aliphatic rings. The Morgan fingerprint density at radius 1 is 1.44 bits per heavy atom. The molecule has 1 saturated carbocycles. The van der Waals surface area contributed by atoms with Gasteiger partial charge in [0.1, 0.15) is 0 Å². The number of pyridine rings is 1. The predicted molar refractivity (Wildman–Crippen MR) is 78.5 cm³/mol. The van der Waals surface area contributed by atoms with Crippen LogP contribution in [0.25, 0.3) is 0 Å². The van der Waals surface area contributed by atoms with Gasteiger partial charge in [0.15, 0.2) is 0 Å².